The molecule has 88 valence electrons. The summed E-state index contributed by atoms with van der Waals surface area (Å²) in [5.41, 5.74) is -0.282. The molecule has 3 heteroatoms. The van der Waals surface area contributed by atoms with Crippen LogP contribution in [0.5, 0.6) is 0 Å². The highest BCUT2D eigenvalue weighted by Gasteiger charge is 2.39. The summed E-state index contributed by atoms with van der Waals surface area (Å²) in [7, 11) is 0. The molecule has 1 atom stereocenters. The first kappa shape index (κ1) is 9.20. The highest BCUT2D eigenvalue weighted by Crippen LogP contribution is 2.33. The van der Waals surface area contributed by atoms with Gasteiger partial charge in [-0.05, 0) is 25.4 Å². The maximum Gasteiger partial charge on any atom is 0.157 e. The predicted molar refractivity (Wildman–Crippen MR) is 67.9 cm³/mol. The van der Waals surface area contributed by atoms with E-state index in [4.69, 9.17) is 4.11 Å². The Hall–Kier alpha value is -0.860. The quantitative estimate of drug-likeness (QED) is 0.864. The minimum Gasteiger partial charge on any atom is -0.304 e. The Morgan fingerprint density at radius 1 is 1.31 bits per heavy atom. The van der Waals surface area contributed by atoms with Gasteiger partial charge in [0, 0.05) is 10.5 Å². The van der Waals surface area contributed by atoms with Gasteiger partial charge in [0.05, 0.1) is 0 Å². The van der Waals surface area contributed by atoms with Crippen molar-refractivity contribution in [2.24, 2.45) is 0 Å². The average Bonchev–Trinajstić information content (AvgIpc) is 2.32. The number of hydrogen-bond acceptors (Lipinski definition) is 2. The summed E-state index contributed by atoms with van der Waals surface area (Å²) in [6.07, 6.45) is 2.70. The molecule has 16 heavy (non-hydrogen) atoms. The molecule has 0 bridgehead atoms. The lowest BCUT2D eigenvalue weighted by molar-refractivity contribution is -0.127. The van der Waals surface area contributed by atoms with E-state index in [1.165, 1.54) is 0 Å². The molecule has 1 aliphatic carbocycles. The van der Waals surface area contributed by atoms with Crippen LogP contribution in [-0.2, 0) is 10.3 Å². The Morgan fingerprint density at radius 2 is 2.06 bits per heavy atom. The van der Waals surface area contributed by atoms with Crippen molar-refractivity contribution >= 4 is 18.2 Å². The lowest BCUT2D eigenvalue weighted by Gasteiger charge is -2.36. The van der Waals surface area contributed by atoms with E-state index in [1.807, 2.05) is 30.3 Å². The van der Waals surface area contributed by atoms with E-state index >= 15 is 0 Å². The molecule has 0 radical (unpaired) electrons. The smallest absolute Gasteiger partial charge is 0.157 e. The molecule has 1 unspecified atom stereocenters. The third kappa shape index (κ3) is 2.13. The molecule has 1 saturated carbocycles. The van der Waals surface area contributed by atoms with Gasteiger partial charge in [-0.2, -0.15) is 0 Å². The number of ketones is 1. The van der Waals surface area contributed by atoms with Crippen molar-refractivity contribution in [3.05, 3.63) is 35.9 Å². The van der Waals surface area contributed by atoms with Gasteiger partial charge < -0.3 is 5.32 Å². The van der Waals surface area contributed by atoms with E-state index in [0.717, 1.165) is 18.4 Å². The van der Waals surface area contributed by atoms with Crippen molar-refractivity contribution in [1.82, 2.24) is 5.32 Å². The van der Waals surface area contributed by atoms with Crippen molar-refractivity contribution in [2.45, 2.75) is 31.2 Å². The lowest BCUT2D eigenvalue weighted by atomic mass is 9.76. The average molecular weight is 243 g/mol. The fourth-order valence-corrected chi connectivity index (χ4v) is 2.26. The van der Waals surface area contributed by atoms with Crippen LogP contribution in [0.1, 0.15) is 35.4 Å². The van der Waals surface area contributed by atoms with Gasteiger partial charge in [-0.3, -0.25) is 4.79 Å². The number of carbonyl (C=O) groups is 1. The number of Topliss-reactive ketones (excluding diaryl/α,β-unsaturated/α-hetero) is 1. The van der Waals surface area contributed by atoms with Gasteiger partial charge in [0.25, 0.3) is 0 Å². The number of hydrogen-bond donors (Lipinski definition) is 1. The first-order chi connectivity index (χ1) is 8.44. The van der Waals surface area contributed by atoms with E-state index in [1.54, 1.807) is 0 Å². The molecular weight excluding hydrogens is 222 g/mol. The Kier molecular flexibility index (Phi) is 3.14. The second kappa shape index (κ2) is 5.46. The molecule has 1 aromatic rings. The number of benzene rings is 1. The zero-order valence-corrected chi connectivity index (χ0v) is 9.85. The van der Waals surface area contributed by atoms with E-state index in [-0.39, 0.29) is 18.2 Å². The van der Waals surface area contributed by atoms with Crippen LogP contribution >= 0.6 is 12.4 Å². The van der Waals surface area contributed by atoms with Gasteiger partial charge in [-0.1, -0.05) is 36.8 Å². The van der Waals surface area contributed by atoms with Crippen molar-refractivity contribution in [3.8, 4) is 0 Å². The number of nitrogens with one attached hydrogen (secondary N) is 1. The van der Waals surface area contributed by atoms with Gasteiger partial charge in [0.1, 0.15) is 5.54 Å². The summed E-state index contributed by atoms with van der Waals surface area (Å²) in [5.74, 6) is -0.0175. The van der Waals surface area contributed by atoms with Crippen molar-refractivity contribution in [3.63, 3.8) is 0 Å². The number of rotatable bonds is 2. The molecule has 2 rings (SSSR count). The van der Waals surface area contributed by atoms with Crippen LogP contribution in [0.3, 0.4) is 0 Å². The Morgan fingerprint density at radius 3 is 2.69 bits per heavy atom. The third-order valence-electron chi connectivity index (χ3n) is 3.16. The zero-order chi connectivity index (χ0) is 13.2. The minimum atomic E-state index is -2.32. The molecule has 1 aromatic carbocycles. The van der Waals surface area contributed by atoms with Crippen molar-refractivity contribution < 1.29 is 8.91 Å². The fourth-order valence-electron chi connectivity index (χ4n) is 2.26. The summed E-state index contributed by atoms with van der Waals surface area (Å²) in [6.45, 7) is -2.32. The molecule has 1 fully saturated rings. The number of halogens is 1. The molecular formula is C13H18ClNO. The molecule has 0 aromatic heterocycles. The van der Waals surface area contributed by atoms with Gasteiger partial charge >= 0.3 is 0 Å². The molecule has 2 nitrogen and oxygen atoms in total. The van der Waals surface area contributed by atoms with E-state index in [2.05, 4.69) is 5.32 Å². The zero-order valence-electron chi connectivity index (χ0n) is 12.0. The monoisotopic (exact) mass is 242 g/mol. The number of carbonyl (C=O) groups excluding carboxylic acids is 1. The van der Waals surface area contributed by atoms with Crippen LogP contribution in [0.25, 0.3) is 0 Å². The molecule has 0 spiro atoms. The molecule has 0 amide bonds. The molecule has 0 aliphatic heterocycles. The summed E-state index contributed by atoms with van der Waals surface area (Å²) in [4.78, 5) is 12.3. The highest BCUT2D eigenvalue weighted by molar-refractivity contribution is 5.90. The normalized spacial score (nSPS) is 28.5. The highest BCUT2D eigenvalue weighted by atomic mass is 35.5. The molecule has 1 N–H and O–H groups in total. The Labute approximate surface area is 107 Å². The Balaban J connectivity index is 0.00000180. The van der Waals surface area contributed by atoms with Crippen LogP contribution in [0.2, 0.25) is 0 Å². The van der Waals surface area contributed by atoms with Crippen molar-refractivity contribution in [1.29, 1.82) is 0 Å². The standard InChI is InChI=1S/C13H17NO.ClH/c1-14-13(10-6-5-9-12(13)15)11-7-3-2-4-8-11;/h2-4,7-8,14H,5-6,9-10H2,1H3;1H/i1D3;. The summed E-state index contributed by atoms with van der Waals surface area (Å²) in [6, 6.07) is 9.17. The Bertz CT molecular complexity index is 435. The maximum absolute atomic E-state index is 12.3. The van der Waals surface area contributed by atoms with Gasteiger partial charge in [0.2, 0.25) is 0 Å². The summed E-state index contributed by atoms with van der Waals surface area (Å²) >= 11 is 0. The van der Waals surface area contributed by atoms with E-state index in [0.29, 0.717) is 12.8 Å². The molecule has 1 aliphatic rings. The topological polar surface area (TPSA) is 29.1 Å². The van der Waals surface area contributed by atoms with Crippen LogP contribution in [0.15, 0.2) is 30.3 Å². The predicted octanol–water partition coefficient (Wildman–Crippen LogP) is 2.67. The summed E-state index contributed by atoms with van der Waals surface area (Å²) in [5, 5.41) is 2.59. The fraction of sp³-hybridized carbons (Fsp3) is 0.462. The van der Waals surface area contributed by atoms with Crippen LogP contribution in [0.4, 0.5) is 0 Å². The van der Waals surface area contributed by atoms with Gasteiger partial charge in [-0.15, -0.1) is 12.4 Å². The molecule has 0 heterocycles. The van der Waals surface area contributed by atoms with Crippen LogP contribution < -0.4 is 5.32 Å². The lowest BCUT2D eigenvalue weighted by Crippen LogP contribution is -2.49. The van der Waals surface area contributed by atoms with Crippen LogP contribution in [0, 0.1) is 0 Å². The summed E-state index contributed by atoms with van der Waals surface area (Å²) < 4.78 is 22.2. The van der Waals surface area contributed by atoms with E-state index < -0.39 is 12.5 Å². The maximum atomic E-state index is 12.3. The SMILES string of the molecule is Cl.[2H]C([2H])([2H])NC1(c2ccccc2)CCCCC1=O. The minimum absolute atomic E-state index is 0. The second-order valence-corrected chi connectivity index (χ2v) is 4.03. The second-order valence-electron chi connectivity index (χ2n) is 4.03. The molecule has 0 saturated heterocycles. The largest absolute Gasteiger partial charge is 0.304 e. The number of likely N-dealkylation sites (N-methyl/N-ethyl adjacent to an activating group) is 1. The van der Waals surface area contributed by atoms with Crippen molar-refractivity contribution in [2.75, 3.05) is 6.98 Å². The first-order valence-corrected chi connectivity index (χ1v) is 5.32. The third-order valence-corrected chi connectivity index (χ3v) is 3.16. The van der Waals surface area contributed by atoms with Gasteiger partial charge in [0.15, 0.2) is 5.78 Å². The first-order valence-electron chi connectivity index (χ1n) is 6.82. The van der Waals surface area contributed by atoms with Gasteiger partial charge in [-0.25, -0.2) is 0 Å². The van der Waals surface area contributed by atoms with Crippen LogP contribution in [-0.4, -0.2) is 12.8 Å². The van der Waals surface area contributed by atoms with E-state index in [9.17, 15) is 4.79 Å².